The second-order valence-corrected chi connectivity index (χ2v) is 5.28. The van der Waals surface area contributed by atoms with Crippen molar-refractivity contribution in [2.24, 2.45) is 0 Å². The van der Waals surface area contributed by atoms with Crippen molar-refractivity contribution in [1.82, 2.24) is 9.97 Å². The van der Waals surface area contributed by atoms with Gasteiger partial charge in [0.15, 0.2) is 17.4 Å². The minimum Gasteiger partial charge on any atom is -0.483 e. The molecule has 0 saturated heterocycles. The number of nitrogen functional groups attached to an aromatic ring is 1. The lowest BCUT2D eigenvalue weighted by atomic mass is 10.2. The fraction of sp³-hybridized carbons (Fsp3) is 0.143. The van der Waals surface area contributed by atoms with Gasteiger partial charge < -0.3 is 10.5 Å². The average Bonchev–Trinajstić information content (AvgIpc) is 2.89. The van der Waals surface area contributed by atoms with E-state index in [-0.39, 0.29) is 12.4 Å². The van der Waals surface area contributed by atoms with E-state index in [0.717, 1.165) is 15.8 Å². The van der Waals surface area contributed by atoms with Gasteiger partial charge in [-0.2, -0.15) is 0 Å². The number of halogens is 1. The summed E-state index contributed by atoms with van der Waals surface area (Å²) in [6.45, 7) is 1.96. The standard InChI is InChI=1S/C14H12FN3OS/c1-8-2-3-10(15)11(6-8)19-7-12-17-13(16)9-4-5-20-14(9)18-12/h2-6H,7H2,1H3,(H2,16,17,18). The lowest BCUT2D eigenvalue weighted by molar-refractivity contribution is 0.281. The second-order valence-electron chi connectivity index (χ2n) is 4.39. The molecule has 0 bridgehead atoms. The second kappa shape index (κ2) is 5.05. The normalized spacial score (nSPS) is 10.9. The highest BCUT2D eigenvalue weighted by molar-refractivity contribution is 7.16. The molecule has 0 aliphatic heterocycles. The Balaban J connectivity index is 1.84. The van der Waals surface area contributed by atoms with Gasteiger partial charge in [0.2, 0.25) is 0 Å². The number of benzene rings is 1. The fourth-order valence-corrected chi connectivity index (χ4v) is 2.64. The molecule has 2 aromatic heterocycles. The smallest absolute Gasteiger partial charge is 0.169 e. The Morgan fingerprint density at radius 2 is 2.15 bits per heavy atom. The van der Waals surface area contributed by atoms with E-state index in [2.05, 4.69) is 9.97 Å². The average molecular weight is 289 g/mol. The fourth-order valence-electron chi connectivity index (χ4n) is 1.85. The number of nitrogens with zero attached hydrogens (tertiary/aromatic N) is 2. The molecule has 0 amide bonds. The first-order valence-electron chi connectivity index (χ1n) is 6.02. The topological polar surface area (TPSA) is 61.0 Å². The molecule has 2 N–H and O–H groups in total. The van der Waals surface area contributed by atoms with Crippen LogP contribution in [0.2, 0.25) is 0 Å². The summed E-state index contributed by atoms with van der Waals surface area (Å²) >= 11 is 1.48. The van der Waals surface area contributed by atoms with Gasteiger partial charge in [0.05, 0.1) is 5.39 Å². The highest BCUT2D eigenvalue weighted by Gasteiger charge is 2.09. The number of aromatic nitrogens is 2. The van der Waals surface area contributed by atoms with E-state index < -0.39 is 5.82 Å². The summed E-state index contributed by atoms with van der Waals surface area (Å²) in [6, 6.07) is 6.58. The molecule has 4 nitrogen and oxygen atoms in total. The van der Waals surface area contributed by atoms with Crippen molar-refractivity contribution in [2.45, 2.75) is 13.5 Å². The SMILES string of the molecule is Cc1ccc(F)c(OCc2nc(N)c3ccsc3n2)c1. The zero-order valence-corrected chi connectivity index (χ0v) is 11.6. The molecule has 0 saturated carbocycles. The summed E-state index contributed by atoms with van der Waals surface area (Å²) in [5.41, 5.74) is 6.78. The van der Waals surface area contributed by atoms with Crippen LogP contribution >= 0.6 is 11.3 Å². The van der Waals surface area contributed by atoms with Crippen LogP contribution in [-0.4, -0.2) is 9.97 Å². The Bertz CT molecular complexity index is 772. The first-order valence-corrected chi connectivity index (χ1v) is 6.90. The van der Waals surface area contributed by atoms with Gasteiger partial charge in [-0.1, -0.05) is 6.07 Å². The summed E-state index contributed by atoms with van der Waals surface area (Å²) in [4.78, 5) is 9.32. The van der Waals surface area contributed by atoms with Crippen LogP contribution in [0.4, 0.5) is 10.2 Å². The molecule has 20 heavy (non-hydrogen) atoms. The minimum absolute atomic E-state index is 0.0818. The Labute approximate surface area is 119 Å². The number of ether oxygens (including phenoxy) is 1. The third-order valence-corrected chi connectivity index (χ3v) is 3.65. The maximum atomic E-state index is 13.6. The maximum Gasteiger partial charge on any atom is 0.169 e. The van der Waals surface area contributed by atoms with Crippen LogP contribution in [0.3, 0.4) is 0 Å². The van der Waals surface area contributed by atoms with Crippen molar-refractivity contribution in [3.05, 3.63) is 46.9 Å². The van der Waals surface area contributed by atoms with E-state index in [1.54, 1.807) is 12.1 Å². The Morgan fingerprint density at radius 1 is 1.30 bits per heavy atom. The van der Waals surface area contributed by atoms with Crippen LogP contribution in [0.15, 0.2) is 29.6 Å². The van der Waals surface area contributed by atoms with Gasteiger partial charge in [0.25, 0.3) is 0 Å². The predicted octanol–water partition coefficient (Wildman–Crippen LogP) is 3.30. The monoisotopic (exact) mass is 289 g/mol. The van der Waals surface area contributed by atoms with E-state index in [0.29, 0.717) is 11.6 Å². The molecule has 3 rings (SSSR count). The molecule has 0 aliphatic carbocycles. The van der Waals surface area contributed by atoms with Crippen LogP contribution < -0.4 is 10.5 Å². The third-order valence-electron chi connectivity index (χ3n) is 2.84. The largest absolute Gasteiger partial charge is 0.483 e. The quantitative estimate of drug-likeness (QED) is 0.803. The number of nitrogens with two attached hydrogens (primary N) is 1. The summed E-state index contributed by atoms with van der Waals surface area (Å²) in [7, 11) is 0. The zero-order chi connectivity index (χ0) is 14.1. The lowest BCUT2D eigenvalue weighted by Crippen LogP contribution is -2.05. The van der Waals surface area contributed by atoms with Gasteiger partial charge in [0, 0.05) is 0 Å². The summed E-state index contributed by atoms with van der Waals surface area (Å²) in [5, 5.41) is 2.74. The van der Waals surface area contributed by atoms with Crippen molar-refractivity contribution in [2.75, 3.05) is 5.73 Å². The molecule has 0 unspecified atom stereocenters. The molecule has 0 aliphatic rings. The van der Waals surface area contributed by atoms with Crippen molar-refractivity contribution < 1.29 is 9.13 Å². The zero-order valence-electron chi connectivity index (χ0n) is 10.8. The van der Waals surface area contributed by atoms with Gasteiger partial charge in [-0.25, -0.2) is 14.4 Å². The lowest BCUT2D eigenvalue weighted by Gasteiger charge is -2.08. The van der Waals surface area contributed by atoms with E-state index in [1.807, 2.05) is 18.4 Å². The van der Waals surface area contributed by atoms with Gasteiger partial charge in [0.1, 0.15) is 17.3 Å². The van der Waals surface area contributed by atoms with Crippen LogP contribution in [0, 0.1) is 12.7 Å². The van der Waals surface area contributed by atoms with Crippen LogP contribution in [-0.2, 0) is 6.61 Å². The van der Waals surface area contributed by atoms with E-state index in [4.69, 9.17) is 10.5 Å². The van der Waals surface area contributed by atoms with Gasteiger partial charge in [-0.3, -0.25) is 0 Å². The first kappa shape index (κ1) is 12.8. The molecule has 0 atom stereocenters. The molecular weight excluding hydrogens is 277 g/mol. The van der Waals surface area contributed by atoms with Gasteiger partial charge in [-0.05, 0) is 36.1 Å². The van der Waals surface area contributed by atoms with Crippen LogP contribution in [0.1, 0.15) is 11.4 Å². The molecule has 2 heterocycles. The van der Waals surface area contributed by atoms with Crippen molar-refractivity contribution in [3.63, 3.8) is 0 Å². The van der Waals surface area contributed by atoms with Crippen molar-refractivity contribution in [3.8, 4) is 5.75 Å². The Morgan fingerprint density at radius 3 is 3.00 bits per heavy atom. The van der Waals surface area contributed by atoms with Gasteiger partial charge >= 0.3 is 0 Å². The molecule has 0 radical (unpaired) electrons. The molecule has 3 aromatic rings. The van der Waals surface area contributed by atoms with Gasteiger partial charge in [-0.15, -0.1) is 11.3 Å². The number of rotatable bonds is 3. The predicted molar refractivity (Wildman–Crippen MR) is 77.3 cm³/mol. The third kappa shape index (κ3) is 2.42. The maximum absolute atomic E-state index is 13.6. The Kier molecular flexibility index (Phi) is 3.23. The number of aryl methyl sites for hydroxylation is 1. The van der Waals surface area contributed by atoms with Crippen LogP contribution in [0.5, 0.6) is 5.75 Å². The number of anilines is 1. The molecule has 6 heteroatoms. The molecule has 0 fully saturated rings. The highest BCUT2D eigenvalue weighted by Crippen LogP contribution is 2.24. The van der Waals surface area contributed by atoms with Crippen molar-refractivity contribution in [1.29, 1.82) is 0 Å². The molecule has 1 aromatic carbocycles. The van der Waals surface area contributed by atoms with E-state index in [1.165, 1.54) is 17.4 Å². The highest BCUT2D eigenvalue weighted by atomic mass is 32.1. The number of fused-ring (bicyclic) bond motifs is 1. The summed E-state index contributed by atoms with van der Waals surface area (Å²) < 4.78 is 19.0. The van der Waals surface area contributed by atoms with Crippen molar-refractivity contribution >= 4 is 27.4 Å². The number of hydrogen-bond donors (Lipinski definition) is 1. The number of thiophene rings is 1. The number of hydrogen-bond acceptors (Lipinski definition) is 5. The first-order chi connectivity index (χ1) is 9.63. The molecule has 0 spiro atoms. The molecule has 102 valence electrons. The molecular formula is C14H12FN3OS. The summed E-state index contributed by atoms with van der Waals surface area (Å²) in [5.74, 6) is 0.650. The van der Waals surface area contributed by atoms with E-state index in [9.17, 15) is 4.39 Å². The minimum atomic E-state index is -0.402. The van der Waals surface area contributed by atoms with E-state index >= 15 is 0 Å². The van der Waals surface area contributed by atoms with Crippen LogP contribution in [0.25, 0.3) is 10.2 Å². The Hall–Kier alpha value is -2.21. The summed E-state index contributed by atoms with van der Waals surface area (Å²) in [6.07, 6.45) is 0.